The lowest BCUT2D eigenvalue weighted by Crippen LogP contribution is -1.96. The fraction of sp³-hybridized carbons (Fsp3) is 0.667. The first kappa shape index (κ1) is 20.9. The summed E-state index contributed by atoms with van der Waals surface area (Å²) in [6, 6.07) is 0. The van der Waals surface area contributed by atoms with Gasteiger partial charge in [-0.05, 0) is 62.5 Å². The molecular formula is C24H38O2. The lowest BCUT2D eigenvalue weighted by molar-refractivity contribution is 0.516. The fourth-order valence-corrected chi connectivity index (χ4v) is 3.63. The third kappa shape index (κ3) is 5.28. The van der Waals surface area contributed by atoms with E-state index in [0.717, 1.165) is 37.2 Å². The maximum absolute atomic E-state index is 6.12. The highest BCUT2D eigenvalue weighted by atomic mass is 16.4. The van der Waals surface area contributed by atoms with Crippen LogP contribution in [0, 0.1) is 0 Å². The van der Waals surface area contributed by atoms with E-state index in [1.807, 2.05) is 12.5 Å². The zero-order valence-corrected chi connectivity index (χ0v) is 17.5. The van der Waals surface area contributed by atoms with Gasteiger partial charge in [0.25, 0.3) is 0 Å². The number of aryl methyl sites for hydroxylation is 2. The Morgan fingerprint density at radius 1 is 0.538 bits per heavy atom. The van der Waals surface area contributed by atoms with E-state index >= 15 is 0 Å². The SMILES string of the molecule is CCCCc1coc(-c2occ(CCCC)c2CCCC)c1CCCC. The van der Waals surface area contributed by atoms with Gasteiger partial charge in [-0.1, -0.05) is 53.4 Å². The van der Waals surface area contributed by atoms with Crippen molar-refractivity contribution in [2.45, 2.75) is 105 Å². The summed E-state index contributed by atoms with van der Waals surface area (Å²) in [4.78, 5) is 0. The van der Waals surface area contributed by atoms with Crippen LogP contribution in [0.1, 0.15) is 101 Å². The van der Waals surface area contributed by atoms with Gasteiger partial charge >= 0.3 is 0 Å². The van der Waals surface area contributed by atoms with Crippen LogP contribution in [0.25, 0.3) is 11.5 Å². The molecule has 0 spiro atoms. The number of rotatable bonds is 13. The second-order valence-corrected chi connectivity index (χ2v) is 7.55. The molecule has 2 nitrogen and oxygen atoms in total. The van der Waals surface area contributed by atoms with Gasteiger partial charge in [0.2, 0.25) is 0 Å². The minimum Gasteiger partial charge on any atom is -0.460 e. The summed E-state index contributed by atoms with van der Waals surface area (Å²) >= 11 is 0. The summed E-state index contributed by atoms with van der Waals surface area (Å²) in [7, 11) is 0. The van der Waals surface area contributed by atoms with Crippen LogP contribution in [-0.4, -0.2) is 0 Å². The molecule has 2 aromatic rings. The van der Waals surface area contributed by atoms with E-state index in [2.05, 4.69) is 27.7 Å². The monoisotopic (exact) mass is 358 g/mol. The Bertz CT molecular complexity index is 576. The molecule has 146 valence electrons. The fourth-order valence-electron chi connectivity index (χ4n) is 3.63. The second-order valence-electron chi connectivity index (χ2n) is 7.55. The first-order valence-electron chi connectivity index (χ1n) is 10.9. The molecule has 0 aliphatic rings. The number of furan rings is 2. The second kappa shape index (κ2) is 11.3. The van der Waals surface area contributed by atoms with Crippen LogP contribution in [0.3, 0.4) is 0 Å². The average Bonchev–Trinajstić information content (AvgIpc) is 3.24. The third-order valence-corrected chi connectivity index (χ3v) is 5.33. The van der Waals surface area contributed by atoms with Crippen LogP contribution >= 0.6 is 0 Å². The minimum absolute atomic E-state index is 1.01. The van der Waals surface area contributed by atoms with Gasteiger partial charge in [0.05, 0.1) is 12.5 Å². The average molecular weight is 359 g/mol. The minimum atomic E-state index is 1.01. The van der Waals surface area contributed by atoms with E-state index in [4.69, 9.17) is 8.83 Å². The maximum Gasteiger partial charge on any atom is 0.172 e. The molecule has 0 radical (unpaired) electrons. The first-order valence-corrected chi connectivity index (χ1v) is 10.9. The van der Waals surface area contributed by atoms with Crippen molar-refractivity contribution < 1.29 is 8.83 Å². The smallest absolute Gasteiger partial charge is 0.172 e. The van der Waals surface area contributed by atoms with Crippen molar-refractivity contribution in [3.63, 3.8) is 0 Å². The number of hydrogen-bond donors (Lipinski definition) is 0. The predicted molar refractivity (Wildman–Crippen MR) is 111 cm³/mol. The predicted octanol–water partition coefficient (Wildman–Crippen LogP) is 7.91. The van der Waals surface area contributed by atoms with Gasteiger partial charge in [-0.15, -0.1) is 0 Å². The van der Waals surface area contributed by atoms with Gasteiger partial charge in [-0.25, -0.2) is 0 Å². The molecule has 2 aromatic heterocycles. The summed E-state index contributed by atoms with van der Waals surface area (Å²) in [6.45, 7) is 9.02. The molecule has 0 fully saturated rings. The largest absolute Gasteiger partial charge is 0.460 e. The molecular weight excluding hydrogens is 320 g/mol. The molecule has 0 aliphatic carbocycles. The number of unbranched alkanes of at least 4 members (excludes halogenated alkanes) is 4. The van der Waals surface area contributed by atoms with Crippen molar-refractivity contribution in [1.29, 1.82) is 0 Å². The topological polar surface area (TPSA) is 26.3 Å². The molecule has 0 atom stereocenters. The van der Waals surface area contributed by atoms with Gasteiger partial charge in [0.15, 0.2) is 11.5 Å². The third-order valence-electron chi connectivity index (χ3n) is 5.33. The Morgan fingerprint density at radius 2 is 0.885 bits per heavy atom. The van der Waals surface area contributed by atoms with Gasteiger partial charge in [0, 0.05) is 11.1 Å². The molecule has 0 bridgehead atoms. The summed E-state index contributed by atoms with van der Waals surface area (Å²) in [5, 5.41) is 0. The van der Waals surface area contributed by atoms with E-state index in [0.29, 0.717) is 0 Å². The Balaban J connectivity index is 2.38. The molecule has 0 N–H and O–H groups in total. The maximum atomic E-state index is 6.12. The molecule has 0 saturated heterocycles. The normalized spacial score (nSPS) is 11.4. The molecule has 0 unspecified atom stereocenters. The van der Waals surface area contributed by atoms with Crippen LogP contribution in [-0.2, 0) is 25.7 Å². The van der Waals surface area contributed by atoms with Crippen molar-refractivity contribution in [3.05, 3.63) is 34.8 Å². The summed E-state index contributed by atoms with van der Waals surface area (Å²) in [5.41, 5.74) is 5.58. The Labute approximate surface area is 160 Å². The van der Waals surface area contributed by atoms with Gasteiger partial charge < -0.3 is 8.83 Å². The van der Waals surface area contributed by atoms with Crippen LogP contribution in [0.5, 0.6) is 0 Å². The molecule has 0 amide bonds. The van der Waals surface area contributed by atoms with Crippen LogP contribution in [0.4, 0.5) is 0 Å². The van der Waals surface area contributed by atoms with E-state index in [-0.39, 0.29) is 0 Å². The first-order chi connectivity index (χ1) is 12.8. The quantitative estimate of drug-likeness (QED) is 0.363. The Hall–Kier alpha value is -1.44. The molecule has 2 heteroatoms. The zero-order valence-electron chi connectivity index (χ0n) is 17.5. The molecule has 26 heavy (non-hydrogen) atoms. The standard InChI is InChI=1S/C24H38O2/c1-5-9-13-19-17-25-23(21(19)15-11-7-3)24-22(16-12-8-4)20(18-26-24)14-10-6-2/h17-18H,5-16H2,1-4H3. The van der Waals surface area contributed by atoms with Crippen molar-refractivity contribution >= 4 is 0 Å². The Morgan fingerprint density at radius 3 is 1.23 bits per heavy atom. The Kier molecular flexibility index (Phi) is 9.08. The zero-order chi connectivity index (χ0) is 18.8. The molecule has 2 heterocycles. The van der Waals surface area contributed by atoms with Crippen LogP contribution < -0.4 is 0 Å². The van der Waals surface area contributed by atoms with E-state index < -0.39 is 0 Å². The van der Waals surface area contributed by atoms with E-state index in [1.165, 1.54) is 73.6 Å². The van der Waals surface area contributed by atoms with Gasteiger partial charge in [-0.2, -0.15) is 0 Å². The van der Waals surface area contributed by atoms with Crippen molar-refractivity contribution in [1.82, 2.24) is 0 Å². The molecule has 0 aromatic carbocycles. The van der Waals surface area contributed by atoms with E-state index in [9.17, 15) is 0 Å². The summed E-state index contributed by atoms with van der Waals surface area (Å²) < 4.78 is 12.2. The van der Waals surface area contributed by atoms with Crippen molar-refractivity contribution in [3.8, 4) is 11.5 Å². The molecule has 0 saturated carbocycles. The summed E-state index contributed by atoms with van der Waals surface area (Å²) in [6.07, 6.45) is 18.1. The van der Waals surface area contributed by atoms with E-state index in [1.54, 1.807) is 0 Å². The van der Waals surface area contributed by atoms with Gasteiger partial charge in [0.1, 0.15) is 0 Å². The lowest BCUT2D eigenvalue weighted by Gasteiger charge is -2.07. The highest BCUT2D eigenvalue weighted by Crippen LogP contribution is 2.36. The molecule has 2 rings (SSSR count). The molecule has 0 aliphatic heterocycles. The van der Waals surface area contributed by atoms with Crippen LogP contribution in [0.2, 0.25) is 0 Å². The van der Waals surface area contributed by atoms with Crippen molar-refractivity contribution in [2.24, 2.45) is 0 Å². The van der Waals surface area contributed by atoms with Gasteiger partial charge in [-0.3, -0.25) is 0 Å². The lowest BCUT2D eigenvalue weighted by atomic mass is 9.95. The number of hydrogen-bond acceptors (Lipinski definition) is 2. The van der Waals surface area contributed by atoms with Crippen LogP contribution in [0.15, 0.2) is 21.4 Å². The van der Waals surface area contributed by atoms with Crippen molar-refractivity contribution in [2.75, 3.05) is 0 Å². The highest BCUT2D eigenvalue weighted by Gasteiger charge is 2.22. The summed E-state index contributed by atoms with van der Waals surface area (Å²) in [5.74, 6) is 2.02. The highest BCUT2D eigenvalue weighted by molar-refractivity contribution is 5.63.